The topological polar surface area (TPSA) is 83.6 Å². The van der Waals surface area contributed by atoms with Gasteiger partial charge in [0.1, 0.15) is 12.3 Å². The number of rotatable bonds is 6. The molecule has 0 spiro atoms. The van der Waals surface area contributed by atoms with Crippen LogP contribution in [0.1, 0.15) is 26.0 Å². The van der Waals surface area contributed by atoms with Crippen molar-refractivity contribution in [1.29, 1.82) is 0 Å². The lowest BCUT2D eigenvalue weighted by Crippen LogP contribution is -2.43. The number of carboxylic acids is 1. The average molecular weight is 254 g/mol. The van der Waals surface area contributed by atoms with Crippen LogP contribution in [0.25, 0.3) is 0 Å². The molecule has 1 heterocycles. The maximum absolute atomic E-state index is 11.9. The number of carboxylic acid groups (broad SMARTS) is 1. The fourth-order valence-electron chi connectivity index (χ4n) is 1.65. The Morgan fingerprint density at radius 1 is 1.50 bits per heavy atom. The number of aromatic nitrogens is 1. The molecule has 0 fully saturated rings. The molecule has 0 saturated heterocycles. The van der Waals surface area contributed by atoms with Gasteiger partial charge in [0.15, 0.2) is 6.39 Å². The Bertz CT molecular complexity index is 400. The predicted molar refractivity (Wildman–Crippen MR) is 63.9 cm³/mol. The van der Waals surface area contributed by atoms with Gasteiger partial charge in [0.05, 0.1) is 12.1 Å². The van der Waals surface area contributed by atoms with Crippen LogP contribution < -0.4 is 0 Å². The highest BCUT2D eigenvalue weighted by Crippen LogP contribution is 2.12. The minimum absolute atomic E-state index is 0.0505. The van der Waals surface area contributed by atoms with Crippen molar-refractivity contribution in [2.75, 3.05) is 7.05 Å². The van der Waals surface area contributed by atoms with Gasteiger partial charge in [-0.05, 0) is 12.3 Å². The molecule has 0 aliphatic rings. The van der Waals surface area contributed by atoms with Gasteiger partial charge in [-0.25, -0.2) is 9.78 Å². The lowest BCUT2D eigenvalue weighted by molar-refractivity contribution is -0.149. The summed E-state index contributed by atoms with van der Waals surface area (Å²) in [6.07, 6.45) is 3.10. The largest absolute Gasteiger partial charge is 0.480 e. The van der Waals surface area contributed by atoms with Crippen molar-refractivity contribution in [2.45, 2.75) is 32.7 Å². The molecule has 6 nitrogen and oxygen atoms in total. The van der Waals surface area contributed by atoms with E-state index in [0.717, 1.165) is 0 Å². The standard InChI is InChI=1S/C12H18N2O4/c1-8(2)4-10(12(16)17)14(3)11(15)5-9-6-18-7-13-9/h6-8,10H,4-5H2,1-3H3,(H,16,17). The average Bonchev–Trinajstić information content (AvgIpc) is 2.77. The van der Waals surface area contributed by atoms with Crippen LogP contribution >= 0.6 is 0 Å². The summed E-state index contributed by atoms with van der Waals surface area (Å²) in [5, 5.41) is 9.14. The molecule has 1 N–H and O–H groups in total. The molecular weight excluding hydrogens is 236 g/mol. The normalized spacial score (nSPS) is 12.4. The SMILES string of the molecule is CC(C)CC(C(=O)O)N(C)C(=O)Cc1cocn1. The molecule has 1 amide bonds. The van der Waals surface area contributed by atoms with Crippen LogP contribution in [0.5, 0.6) is 0 Å². The Balaban J connectivity index is 2.67. The number of hydrogen-bond acceptors (Lipinski definition) is 4. The zero-order valence-corrected chi connectivity index (χ0v) is 10.8. The Hall–Kier alpha value is -1.85. The van der Waals surface area contributed by atoms with Crippen LogP contribution in [0.2, 0.25) is 0 Å². The van der Waals surface area contributed by atoms with Crippen LogP contribution in [0.3, 0.4) is 0 Å². The number of carbonyl (C=O) groups excluding carboxylic acids is 1. The lowest BCUT2D eigenvalue weighted by atomic mass is 10.0. The van der Waals surface area contributed by atoms with Gasteiger partial charge in [-0.15, -0.1) is 0 Å². The summed E-state index contributed by atoms with van der Waals surface area (Å²) in [5.41, 5.74) is 0.500. The number of oxazole rings is 1. The fourth-order valence-corrected chi connectivity index (χ4v) is 1.65. The number of nitrogens with zero attached hydrogens (tertiary/aromatic N) is 2. The summed E-state index contributed by atoms with van der Waals surface area (Å²) in [5.74, 6) is -1.06. The summed E-state index contributed by atoms with van der Waals surface area (Å²) in [6.45, 7) is 3.85. The second-order valence-corrected chi connectivity index (χ2v) is 4.64. The van der Waals surface area contributed by atoms with Crippen LogP contribution in [0.4, 0.5) is 0 Å². The molecule has 18 heavy (non-hydrogen) atoms. The quantitative estimate of drug-likeness (QED) is 0.824. The molecule has 100 valence electrons. The molecule has 0 radical (unpaired) electrons. The van der Waals surface area contributed by atoms with Crippen molar-refractivity contribution in [3.63, 3.8) is 0 Å². The Labute approximate surface area is 106 Å². The number of likely N-dealkylation sites (N-methyl/N-ethyl adjacent to an activating group) is 1. The van der Waals surface area contributed by atoms with Gasteiger partial charge in [0.2, 0.25) is 5.91 Å². The van der Waals surface area contributed by atoms with Gasteiger partial charge in [-0.2, -0.15) is 0 Å². The number of aliphatic carboxylic acids is 1. The zero-order valence-electron chi connectivity index (χ0n) is 10.8. The van der Waals surface area contributed by atoms with Crippen molar-refractivity contribution < 1.29 is 19.1 Å². The highest BCUT2D eigenvalue weighted by Gasteiger charge is 2.27. The fraction of sp³-hybridized carbons (Fsp3) is 0.583. The highest BCUT2D eigenvalue weighted by molar-refractivity contribution is 5.84. The molecule has 0 saturated carbocycles. The van der Waals surface area contributed by atoms with Crippen LogP contribution in [0.15, 0.2) is 17.1 Å². The van der Waals surface area contributed by atoms with Crippen LogP contribution in [-0.4, -0.2) is 40.0 Å². The van der Waals surface area contributed by atoms with Crippen molar-refractivity contribution in [3.8, 4) is 0 Å². The first kappa shape index (κ1) is 14.2. The van der Waals surface area contributed by atoms with E-state index in [1.54, 1.807) is 0 Å². The maximum atomic E-state index is 11.9. The second-order valence-electron chi connectivity index (χ2n) is 4.64. The van der Waals surface area contributed by atoms with E-state index in [1.807, 2.05) is 13.8 Å². The van der Waals surface area contributed by atoms with E-state index in [0.29, 0.717) is 12.1 Å². The van der Waals surface area contributed by atoms with Crippen LogP contribution in [0, 0.1) is 5.92 Å². The molecule has 1 rings (SSSR count). The minimum Gasteiger partial charge on any atom is -0.480 e. The van der Waals surface area contributed by atoms with E-state index in [2.05, 4.69) is 4.98 Å². The second kappa shape index (κ2) is 6.18. The molecule has 1 unspecified atom stereocenters. The third kappa shape index (κ3) is 3.87. The van der Waals surface area contributed by atoms with Gasteiger partial charge in [-0.3, -0.25) is 4.79 Å². The molecule has 1 aromatic rings. The van der Waals surface area contributed by atoms with Gasteiger partial charge >= 0.3 is 5.97 Å². The van der Waals surface area contributed by atoms with Crippen molar-refractivity contribution >= 4 is 11.9 Å². The summed E-state index contributed by atoms with van der Waals surface area (Å²) >= 11 is 0. The van der Waals surface area contributed by atoms with E-state index in [4.69, 9.17) is 9.52 Å². The molecule has 1 atom stereocenters. The molecule has 0 aromatic carbocycles. The van der Waals surface area contributed by atoms with E-state index in [9.17, 15) is 9.59 Å². The molecule has 0 aliphatic heterocycles. The van der Waals surface area contributed by atoms with E-state index < -0.39 is 12.0 Å². The monoisotopic (exact) mass is 254 g/mol. The van der Waals surface area contributed by atoms with E-state index in [-0.39, 0.29) is 18.2 Å². The van der Waals surface area contributed by atoms with Crippen LogP contribution in [-0.2, 0) is 16.0 Å². The van der Waals surface area contributed by atoms with Gasteiger partial charge < -0.3 is 14.4 Å². The summed E-state index contributed by atoms with van der Waals surface area (Å²) in [7, 11) is 1.50. The smallest absolute Gasteiger partial charge is 0.326 e. The van der Waals surface area contributed by atoms with Crippen molar-refractivity contribution in [1.82, 2.24) is 9.88 Å². The molecule has 1 aromatic heterocycles. The van der Waals surface area contributed by atoms with Crippen molar-refractivity contribution in [3.05, 3.63) is 18.4 Å². The van der Waals surface area contributed by atoms with E-state index >= 15 is 0 Å². The van der Waals surface area contributed by atoms with Crippen molar-refractivity contribution in [2.24, 2.45) is 5.92 Å². The van der Waals surface area contributed by atoms with Gasteiger partial charge in [0.25, 0.3) is 0 Å². The Kier molecular flexibility index (Phi) is 4.88. The Morgan fingerprint density at radius 2 is 2.17 bits per heavy atom. The molecule has 0 aliphatic carbocycles. The summed E-state index contributed by atoms with van der Waals surface area (Å²) in [4.78, 5) is 28.2. The number of carbonyl (C=O) groups is 2. The zero-order chi connectivity index (χ0) is 13.7. The highest BCUT2D eigenvalue weighted by atomic mass is 16.4. The third-order valence-electron chi connectivity index (χ3n) is 2.66. The van der Waals surface area contributed by atoms with Gasteiger partial charge in [-0.1, -0.05) is 13.8 Å². The molecular formula is C12H18N2O4. The summed E-state index contributed by atoms with van der Waals surface area (Å²) < 4.78 is 4.77. The first-order valence-corrected chi connectivity index (χ1v) is 5.77. The summed E-state index contributed by atoms with van der Waals surface area (Å²) in [6, 6.07) is -0.801. The number of hydrogen-bond donors (Lipinski definition) is 1. The minimum atomic E-state index is -0.986. The Morgan fingerprint density at radius 3 is 2.61 bits per heavy atom. The lowest BCUT2D eigenvalue weighted by Gasteiger charge is -2.25. The molecule has 0 bridgehead atoms. The molecule has 6 heteroatoms. The maximum Gasteiger partial charge on any atom is 0.326 e. The predicted octanol–water partition coefficient (Wildman–Crippen LogP) is 1.17. The first-order chi connectivity index (χ1) is 8.41. The third-order valence-corrected chi connectivity index (χ3v) is 2.66. The van der Waals surface area contributed by atoms with E-state index in [1.165, 1.54) is 24.6 Å². The number of amides is 1. The van der Waals surface area contributed by atoms with Gasteiger partial charge in [0, 0.05) is 7.05 Å². The first-order valence-electron chi connectivity index (χ1n) is 5.77.